The number of likely N-dealkylation sites (tertiary alicyclic amines) is 1. The van der Waals surface area contributed by atoms with Crippen molar-refractivity contribution >= 4 is 24.8 Å². The van der Waals surface area contributed by atoms with Gasteiger partial charge in [0.05, 0.1) is 0 Å². The van der Waals surface area contributed by atoms with Crippen LogP contribution < -0.4 is 10.6 Å². The van der Waals surface area contributed by atoms with Gasteiger partial charge in [0.15, 0.2) is 0 Å². The molecule has 0 aromatic heterocycles. The van der Waals surface area contributed by atoms with Gasteiger partial charge in [0, 0.05) is 38.3 Å². The molecular formula is C13H27Cl2N3. The van der Waals surface area contributed by atoms with Crippen LogP contribution in [-0.2, 0) is 0 Å². The smallest absolute Gasteiger partial charge is 0.0198 e. The van der Waals surface area contributed by atoms with E-state index >= 15 is 0 Å². The molecule has 5 heteroatoms. The van der Waals surface area contributed by atoms with Gasteiger partial charge in [0.2, 0.25) is 0 Å². The zero-order valence-corrected chi connectivity index (χ0v) is 12.9. The first kappa shape index (κ1) is 16.5. The topological polar surface area (TPSA) is 27.3 Å². The fourth-order valence-electron chi connectivity index (χ4n) is 3.77. The summed E-state index contributed by atoms with van der Waals surface area (Å²) in [6.07, 6.45) is 5.57. The molecule has 0 spiro atoms. The highest BCUT2D eigenvalue weighted by Crippen LogP contribution is 2.28. The van der Waals surface area contributed by atoms with E-state index in [-0.39, 0.29) is 24.8 Å². The molecule has 3 saturated heterocycles. The lowest BCUT2D eigenvalue weighted by molar-refractivity contribution is 0.0887. The van der Waals surface area contributed by atoms with Crippen LogP contribution >= 0.6 is 24.8 Å². The summed E-state index contributed by atoms with van der Waals surface area (Å²) in [5.74, 6) is 0. The minimum absolute atomic E-state index is 0. The number of rotatable bonds is 2. The lowest BCUT2D eigenvalue weighted by atomic mass is 9.87. The summed E-state index contributed by atoms with van der Waals surface area (Å²) in [4.78, 5) is 2.72. The average Bonchev–Trinajstić information content (AvgIpc) is 2.64. The molecule has 3 fully saturated rings. The van der Waals surface area contributed by atoms with Gasteiger partial charge in [0.25, 0.3) is 0 Å². The van der Waals surface area contributed by atoms with Gasteiger partial charge in [0.1, 0.15) is 0 Å². The van der Waals surface area contributed by atoms with E-state index in [1.807, 2.05) is 0 Å². The van der Waals surface area contributed by atoms with Gasteiger partial charge in [-0.25, -0.2) is 0 Å². The monoisotopic (exact) mass is 295 g/mol. The van der Waals surface area contributed by atoms with Crippen molar-refractivity contribution < 1.29 is 0 Å². The molecule has 3 aliphatic rings. The fraction of sp³-hybridized carbons (Fsp3) is 1.00. The Labute approximate surface area is 123 Å². The Morgan fingerprint density at radius 3 is 2.39 bits per heavy atom. The molecule has 0 amide bonds. The van der Waals surface area contributed by atoms with Crippen molar-refractivity contribution in [2.75, 3.05) is 32.7 Å². The third kappa shape index (κ3) is 3.73. The van der Waals surface area contributed by atoms with E-state index in [0.717, 1.165) is 12.1 Å². The van der Waals surface area contributed by atoms with Crippen LogP contribution in [-0.4, -0.2) is 49.7 Å². The van der Waals surface area contributed by atoms with E-state index in [1.165, 1.54) is 58.4 Å². The van der Waals surface area contributed by atoms with Crippen LogP contribution in [0.25, 0.3) is 0 Å². The summed E-state index contributed by atoms with van der Waals surface area (Å²) in [7, 11) is 0. The molecule has 3 rings (SSSR count). The highest BCUT2D eigenvalue weighted by molar-refractivity contribution is 5.85. The zero-order valence-electron chi connectivity index (χ0n) is 11.3. The maximum Gasteiger partial charge on any atom is 0.0198 e. The Balaban J connectivity index is 0.000000810. The standard InChI is InChI=1S/C13H25N3.2ClH/c1-13(5-6-14-9-13)10-16-7-11-3-2-4-12(8-16)15-11;;/h11-12,14-15H,2-10H2,1H3;2*1H. The molecule has 0 aromatic carbocycles. The Morgan fingerprint density at radius 1 is 1.17 bits per heavy atom. The maximum absolute atomic E-state index is 3.76. The van der Waals surface area contributed by atoms with Crippen LogP contribution in [0.2, 0.25) is 0 Å². The van der Waals surface area contributed by atoms with Crippen LogP contribution in [0.5, 0.6) is 0 Å². The maximum atomic E-state index is 3.76. The van der Waals surface area contributed by atoms with E-state index < -0.39 is 0 Å². The first-order valence-electron chi connectivity index (χ1n) is 6.93. The minimum Gasteiger partial charge on any atom is -0.316 e. The molecule has 2 bridgehead atoms. The van der Waals surface area contributed by atoms with Crippen LogP contribution in [0, 0.1) is 5.41 Å². The van der Waals surface area contributed by atoms with Gasteiger partial charge in [-0.2, -0.15) is 0 Å². The van der Waals surface area contributed by atoms with Gasteiger partial charge in [-0.1, -0.05) is 13.3 Å². The molecule has 18 heavy (non-hydrogen) atoms. The molecular weight excluding hydrogens is 269 g/mol. The molecule has 0 aliphatic carbocycles. The number of piperidine rings is 1. The number of nitrogens with one attached hydrogen (secondary N) is 2. The largest absolute Gasteiger partial charge is 0.316 e. The molecule has 3 heterocycles. The second-order valence-corrected chi connectivity index (χ2v) is 6.42. The van der Waals surface area contributed by atoms with Crippen molar-refractivity contribution in [3.63, 3.8) is 0 Å². The lowest BCUT2D eigenvalue weighted by Crippen LogP contribution is -2.60. The molecule has 0 radical (unpaired) electrons. The predicted octanol–water partition coefficient (Wildman–Crippen LogP) is 1.66. The molecule has 2 N–H and O–H groups in total. The van der Waals surface area contributed by atoms with Crippen molar-refractivity contribution in [2.45, 2.75) is 44.7 Å². The molecule has 3 aliphatic heterocycles. The lowest BCUT2D eigenvalue weighted by Gasteiger charge is -2.44. The molecule has 0 aromatic rings. The van der Waals surface area contributed by atoms with Crippen LogP contribution in [0.3, 0.4) is 0 Å². The van der Waals surface area contributed by atoms with Gasteiger partial charge in [-0.15, -0.1) is 24.8 Å². The van der Waals surface area contributed by atoms with E-state index in [2.05, 4.69) is 22.5 Å². The number of hydrogen-bond acceptors (Lipinski definition) is 3. The quantitative estimate of drug-likeness (QED) is 0.811. The van der Waals surface area contributed by atoms with E-state index in [9.17, 15) is 0 Å². The SMILES string of the molecule is CC1(CN2CC3CCCC(C2)N3)CCNC1.Cl.Cl. The van der Waals surface area contributed by atoms with Gasteiger partial charge >= 0.3 is 0 Å². The second-order valence-electron chi connectivity index (χ2n) is 6.42. The van der Waals surface area contributed by atoms with E-state index in [1.54, 1.807) is 0 Å². The molecule has 0 saturated carbocycles. The Kier molecular flexibility index (Phi) is 6.20. The highest BCUT2D eigenvalue weighted by Gasteiger charge is 2.35. The molecule has 3 unspecified atom stereocenters. The minimum atomic E-state index is 0. The number of fused-ring (bicyclic) bond motifs is 2. The zero-order chi connectivity index (χ0) is 11.0. The number of halogens is 2. The molecule has 3 atom stereocenters. The Bertz CT molecular complexity index is 245. The highest BCUT2D eigenvalue weighted by atomic mass is 35.5. The number of hydrogen-bond donors (Lipinski definition) is 2. The van der Waals surface area contributed by atoms with Gasteiger partial charge in [-0.05, 0) is 31.2 Å². The predicted molar refractivity (Wildman–Crippen MR) is 81.1 cm³/mol. The summed E-state index contributed by atoms with van der Waals surface area (Å²) in [5.41, 5.74) is 0.533. The van der Waals surface area contributed by atoms with Gasteiger partial charge < -0.3 is 10.6 Å². The van der Waals surface area contributed by atoms with Crippen molar-refractivity contribution in [1.29, 1.82) is 0 Å². The summed E-state index contributed by atoms with van der Waals surface area (Å²) >= 11 is 0. The first-order valence-corrected chi connectivity index (χ1v) is 6.93. The van der Waals surface area contributed by atoms with Gasteiger partial charge in [-0.3, -0.25) is 4.90 Å². The van der Waals surface area contributed by atoms with Crippen molar-refractivity contribution in [2.24, 2.45) is 5.41 Å². The summed E-state index contributed by atoms with van der Waals surface area (Å²) in [5, 5.41) is 7.27. The van der Waals surface area contributed by atoms with E-state index in [0.29, 0.717) is 5.41 Å². The number of piperazine rings is 1. The Hall–Kier alpha value is 0.460. The average molecular weight is 296 g/mol. The van der Waals surface area contributed by atoms with Crippen molar-refractivity contribution in [1.82, 2.24) is 15.5 Å². The normalized spacial score (nSPS) is 39.8. The summed E-state index contributed by atoms with van der Waals surface area (Å²) < 4.78 is 0. The first-order chi connectivity index (χ1) is 7.73. The van der Waals surface area contributed by atoms with E-state index in [4.69, 9.17) is 0 Å². The number of nitrogens with zero attached hydrogens (tertiary/aromatic N) is 1. The van der Waals surface area contributed by atoms with Crippen LogP contribution in [0.15, 0.2) is 0 Å². The third-order valence-corrected chi connectivity index (χ3v) is 4.60. The summed E-state index contributed by atoms with van der Waals surface area (Å²) in [6, 6.07) is 1.57. The van der Waals surface area contributed by atoms with Crippen molar-refractivity contribution in [3.8, 4) is 0 Å². The summed E-state index contributed by atoms with van der Waals surface area (Å²) in [6.45, 7) is 8.75. The second kappa shape index (κ2) is 6.76. The Morgan fingerprint density at radius 2 is 1.83 bits per heavy atom. The van der Waals surface area contributed by atoms with Crippen molar-refractivity contribution in [3.05, 3.63) is 0 Å². The van der Waals surface area contributed by atoms with Crippen LogP contribution in [0.1, 0.15) is 32.6 Å². The fourth-order valence-corrected chi connectivity index (χ4v) is 3.77. The molecule has 108 valence electrons. The third-order valence-electron chi connectivity index (χ3n) is 4.60. The molecule has 3 nitrogen and oxygen atoms in total. The van der Waals surface area contributed by atoms with Crippen LogP contribution in [0.4, 0.5) is 0 Å².